The summed E-state index contributed by atoms with van der Waals surface area (Å²) in [5.41, 5.74) is 0.706. The number of fused-ring (bicyclic) bond motifs is 3. The van der Waals surface area contributed by atoms with E-state index in [0.717, 1.165) is 43.8 Å². The fourth-order valence-corrected chi connectivity index (χ4v) is 6.86. The summed E-state index contributed by atoms with van der Waals surface area (Å²) >= 11 is 0. The number of carbonyl (C=O) groups is 2. The molecule has 3 heteroatoms. The molecule has 3 rings (SSSR count). The molecule has 0 heterocycles. The van der Waals surface area contributed by atoms with Crippen molar-refractivity contribution >= 4 is 12.6 Å². The van der Waals surface area contributed by atoms with E-state index >= 15 is 0 Å². The molecule has 0 radical (unpaired) electrons. The summed E-state index contributed by atoms with van der Waals surface area (Å²) in [7, 11) is 0. The molecule has 0 aromatic heterocycles. The number of allylic oxidation sites excluding steroid dienone is 2. The van der Waals surface area contributed by atoms with Gasteiger partial charge in [0, 0.05) is 12.0 Å². The highest BCUT2D eigenvalue weighted by Gasteiger charge is 2.61. The molecule has 0 amide bonds. The van der Waals surface area contributed by atoms with Crippen LogP contribution in [0.1, 0.15) is 65.7 Å². The zero-order valence-electron chi connectivity index (χ0n) is 15.4. The van der Waals surface area contributed by atoms with Gasteiger partial charge in [0.05, 0.1) is 0 Å². The summed E-state index contributed by atoms with van der Waals surface area (Å²) in [4.78, 5) is 23.8. The third kappa shape index (κ3) is 2.42. The SMILES string of the molecule is CC1(C)CCC[C@]2(C)[C@H]3CC=C(C=O)C[C@H](CO)[C@]3(C=O)CC[C@@H]12. The van der Waals surface area contributed by atoms with Crippen LogP contribution in [0, 0.1) is 34.0 Å². The molecular weight excluding hydrogens is 300 g/mol. The number of carbonyl (C=O) groups excluding carboxylic acids is 2. The van der Waals surface area contributed by atoms with E-state index in [4.69, 9.17) is 0 Å². The molecule has 0 saturated heterocycles. The molecule has 1 N–H and O–H groups in total. The summed E-state index contributed by atoms with van der Waals surface area (Å²) in [5.74, 6) is 0.722. The van der Waals surface area contributed by atoms with Crippen molar-refractivity contribution in [2.75, 3.05) is 6.61 Å². The van der Waals surface area contributed by atoms with E-state index in [1.54, 1.807) is 0 Å². The first-order chi connectivity index (χ1) is 11.3. The predicted octanol–water partition coefficient (Wildman–Crippen LogP) is 3.94. The molecule has 0 spiro atoms. The smallest absolute Gasteiger partial charge is 0.145 e. The van der Waals surface area contributed by atoms with Crippen LogP contribution in [-0.4, -0.2) is 24.3 Å². The standard InChI is InChI=1S/C21H32O3/c1-19(2)8-4-9-20(3)17(19)7-10-21(14-24)16(13-23)11-15(12-22)5-6-18(20)21/h5,12,14,16-18,23H,4,6-11,13H2,1-3H3/t16-,17+,18-,20+,21-/m1/s1. The Balaban J connectivity index is 2.09. The van der Waals surface area contributed by atoms with Crippen LogP contribution in [0.15, 0.2) is 11.6 Å². The van der Waals surface area contributed by atoms with Crippen LogP contribution in [0.5, 0.6) is 0 Å². The van der Waals surface area contributed by atoms with Crippen LogP contribution in [-0.2, 0) is 9.59 Å². The van der Waals surface area contributed by atoms with Gasteiger partial charge in [0.2, 0.25) is 0 Å². The van der Waals surface area contributed by atoms with Gasteiger partial charge in [0.1, 0.15) is 12.6 Å². The Morgan fingerprint density at radius 2 is 1.92 bits per heavy atom. The van der Waals surface area contributed by atoms with Gasteiger partial charge in [-0.05, 0) is 72.7 Å². The predicted molar refractivity (Wildman–Crippen MR) is 94.4 cm³/mol. The van der Waals surface area contributed by atoms with Crippen LogP contribution in [0.4, 0.5) is 0 Å². The fraction of sp³-hybridized carbons (Fsp3) is 0.810. The van der Waals surface area contributed by atoms with E-state index in [0.29, 0.717) is 17.8 Å². The highest BCUT2D eigenvalue weighted by molar-refractivity contribution is 5.74. The lowest BCUT2D eigenvalue weighted by Crippen LogP contribution is -2.58. The first-order valence-electron chi connectivity index (χ1n) is 9.55. The molecular formula is C21H32O3. The van der Waals surface area contributed by atoms with Crippen molar-refractivity contribution < 1.29 is 14.7 Å². The van der Waals surface area contributed by atoms with Gasteiger partial charge in [0.25, 0.3) is 0 Å². The summed E-state index contributed by atoms with van der Waals surface area (Å²) < 4.78 is 0. The van der Waals surface area contributed by atoms with Crippen LogP contribution < -0.4 is 0 Å². The second-order valence-electron chi connectivity index (χ2n) is 9.44. The van der Waals surface area contributed by atoms with Crippen molar-refractivity contribution in [1.29, 1.82) is 0 Å². The Bertz CT molecular complexity index is 549. The van der Waals surface area contributed by atoms with Crippen molar-refractivity contribution in [1.82, 2.24) is 0 Å². The van der Waals surface area contributed by atoms with E-state index < -0.39 is 5.41 Å². The Morgan fingerprint density at radius 3 is 2.54 bits per heavy atom. The Morgan fingerprint density at radius 1 is 1.17 bits per heavy atom. The third-order valence-electron chi connectivity index (χ3n) is 8.04. The van der Waals surface area contributed by atoms with E-state index in [-0.39, 0.29) is 23.9 Å². The highest BCUT2D eigenvalue weighted by atomic mass is 16.3. The molecule has 0 aliphatic heterocycles. The second-order valence-corrected chi connectivity index (χ2v) is 9.44. The van der Waals surface area contributed by atoms with Crippen LogP contribution in [0.25, 0.3) is 0 Å². The van der Waals surface area contributed by atoms with Gasteiger partial charge >= 0.3 is 0 Å². The second kappa shape index (κ2) is 6.09. The van der Waals surface area contributed by atoms with E-state index in [2.05, 4.69) is 26.8 Å². The highest BCUT2D eigenvalue weighted by Crippen LogP contribution is 2.67. The summed E-state index contributed by atoms with van der Waals surface area (Å²) in [6.45, 7) is 7.14. The number of aliphatic hydroxyl groups excluding tert-OH is 1. The molecule has 0 unspecified atom stereocenters. The maximum atomic E-state index is 12.4. The maximum Gasteiger partial charge on any atom is 0.145 e. The molecule has 0 bridgehead atoms. The molecule has 5 atom stereocenters. The van der Waals surface area contributed by atoms with Crippen molar-refractivity contribution in [3.8, 4) is 0 Å². The van der Waals surface area contributed by atoms with Gasteiger partial charge in [-0.2, -0.15) is 0 Å². The largest absolute Gasteiger partial charge is 0.396 e. The van der Waals surface area contributed by atoms with Crippen LogP contribution in [0.2, 0.25) is 0 Å². The first-order valence-corrected chi connectivity index (χ1v) is 9.55. The Labute approximate surface area is 145 Å². The lowest BCUT2D eigenvalue weighted by atomic mass is 9.41. The van der Waals surface area contributed by atoms with Crippen molar-refractivity contribution in [3.05, 3.63) is 11.6 Å². The zero-order chi connectivity index (χ0) is 17.6. The van der Waals surface area contributed by atoms with Gasteiger partial charge < -0.3 is 9.90 Å². The number of aliphatic hydroxyl groups is 1. The average Bonchev–Trinajstić information content (AvgIpc) is 2.71. The average molecular weight is 332 g/mol. The first kappa shape index (κ1) is 17.8. The summed E-state index contributed by atoms with van der Waals surface area (Å²) in [6.07, 6.45) is 11.0. The van der Waals surface area contributed by atoms with Crippen molar-refractivity contribution in [3.63, 3.8) is 0 Å². The maximum absolute atomic E-state index is 12.4. The van der Waals surface area contributed by atoms with Gasteiger partial charge in [-0.3, -0.25) is 4.79 Å². The molecule has 2 saturated carbocycles. The van der Waals surface area contributed by atoms with Crippen molar-refractivity contribution in [2.24, 2.45) is 34.0 Å². The van der Waals surface area contributed by atoms with Gasteiger partial charge in [-0.1, -0.05) is 33.3 Å². The minimum atomic E-state index is -0.477. The number of rotatable bonds is 3. The third-order valence-corrected chi connectivity index (χ3v) is 8.04. The summed E-state index contributed by atoms with van der Waals surface area (Å²) in [6, 6.07) is 0. The number of aldehydes is 2. The monoisotopic (exact) mass is 332 g/mol. The lowest BCUT2D eigenvalue weighted by Gasteiger charge is -2.63. The molecule has 134 valence electrons. The normalized spacial score (nSPS) is 44.5. The lowest BCUT2D eigenvalue weighted by molar-refractivity contribution is -0.163. The molecule has 3 aliphatic rings. The molecule has 0 aromatic carbocycles. The van der Waals surface area contributed by atoms with E-state index in [1.165, 1.54) is 12.8 Å². The van der Waals surface area contributed by atoms with Crippen molar-refractivity contribution in [2.45, 2.75) is 65.7 Å². The molecule has 3 nitrogen and oxygen atoms in total. The van der Waals surface area contributed by atoms with Gasteiger partial charge in [-0.25, -0.2) is 0 Å². The minimum absolute atomic E-state index is 0.00937. The van der Waals surface area contributed by atoms with E-state index in [1.807, 2.05) is 0 Å². The van der Waals surface area contributed by atoms with Gasteiger partial charge in [-0.15, -0.1) is 0 Å². The van der Waals surface area contributed by atoms with Crippen LogP contribution in [0.3, 0.4) is 0 Å². The molecule has 24 heavy (non-hydrogen) atoms. The topological polar surface area (TPSA) is 54.4 Å². The minimum Gasteiger partial charge on any atom is -0.396 e. The van der Waals surface area contributed by atoms with Crippen LogP contribution >= 0.6 is 0 Å². The quantitative estimate of drug-likeness (QED) is 0.796. The summed E-state index contributed by atoms with van der Waals surface area (Å²) in [5, 5.41) is 10.0. The van der Waals surface area contributed by atoms with Gasteiger partial charge in [0.15, 0.2) is 0 Å². The molecule has 0 aromatic rings. The Hall–Kier alpha value is -0.960. The van der Waals surface area contributed by atoms with E-state index in [9.17, 15) is 14.7 Å². The number of hydrogen-bond donors (Lipinski definition) is 1. The fourth-order valence-electron chi connectivity index (χ4n) is 6.86. The molecule has 3 aliphatic carbocycles. The Kier molecular flexibility index (Phi) is 4.53. The zero-order valence-corrected chi connectivity index (χ0v) is 15.4. The number of hydrogen-bond acceptors (Lipinski definition) is 3. The molecule has 2 fully saturated rings.